The van der Waals surface area contributed by atoms with Crippen LogP contribution in [0.1, 0.15) is 17.3 Å². The van der Waals surface area contributed by atoms with Crippen molar-refractivity contribution < 1.29 is 23.1 Å². The van der Waals surface area contributed by atoms with Crippen molar-refractivity contribution in [3.05, 3.63) is 58.1 Å². The van der Waals surface area contributed by atoms with Gasteiger partial charge in [0.05, 0.1) is 15.5 Å². The Balaban J connectivity index is 2.14. The zero-order valence-corrected chi connectivity index (χ0v) is 15.7. The number of benzene rings is 2. The van der Waals surface area contributed by atoms with E-state index in [1.54, 1.807) is 0 Å². The Hall–Kier alpha value is -2.13. The molecular weight excluding hydrogens is 403 g/mol. The van der Waals surface area contributed by atoms with Gasteiger partial charge in [-0.1, -0.05) is 23.2 Å². The number of carbonyl (C=O) groups excluding carboxylic acids is 1. The van der Waals surface area contributed by atoms with Crippen LogP contribution in [0.25, 0.3) is 0 Å². The fraction of sp³-hybridized carbons (Fsp3) is 0.125. The number of rotatable bonds is 6. The molecule has 7 nitrogen and oxygen atoms in total. The number of sulfonamides is 1. The second-order valence-corrected chi connectivity index (χ2v) is 7.84. The largest absolute Gasteiger partial charge is 0.480 e. The predicted molar refractivity (Wildman–Crippen MR) is 98.3 cm³/mol. The first-order valence-corrected chi connectivity index (χ1v) is 9.45. The molecule has 0 bridgehead atoms. The van der Waals surface area contributed by atoms with E-state index >= 15 is 0 Å². The van der Waals surface area contributed by atoms with Gasteiger partial charge in [0.1, 0.15) is 6.04 Å². The number of carbonyl (C=O) groups is 2. The molecule has 3 N–H and O–H groups in total. The Morgan fingerprint density at radius 1 is 1.08 bits per heavy atom. The Labute approximate surface area is 160 Å². The fourth-order valence-electron chi connectivity index (χ4n) is 1.94. The fourth-order valence-corrected chi connectivity index (χ4v) is 3.63. The van der Waals surface area contributed by atoms with E-state index < -0.39 is 27.9 Å². The minimum atomic E-state index is -3.99. The van der Waals surface area contributed by atoms with Crippen LogP contribution in [0.5, 0.6) is 0 Å². The normalized spacial score (nSPS) is 12.4. The van der Waals surface area contributed by atoms with Gasteiger partial charge in [0.25, 0.3) is 5.91 Å². The van der Waals surface area contributed by atoms with Crippen LogP contribution in [0, 0.1) is 0 Å². The van der Waals surface area contributed by atoms with Gasteiger partial charge in [-0.25, -0.2) is 8.42 Å². The van der Waals surface area contributed by atoms with E-state index in [-0.39, 0.29) is 15.5 Å². The summed E-state index contributed by atoms with van der Waals surface area (Å²) in [4.78, 5) is 22.9. The number of hydrogen-bond acceptors (Lipinski definition) is 4. The van der Waals surface area contributed by atoms with Crippen molar-refractivity contribution >= 4 is 50.8 Å². The molecule has 0 radical (unpaired) electrons. The molecule has 0 aliphatic carbocycles. The molecule has 0 aromatic heterocycles. The molecular formula is C16H14Cl2N2O5S. The molecule has 0 spiro atoms. The number of carboxylic acids is 1. The predicted octanol–water partition coefficient (Wildman–Crippen LogP) is 3.00. The van der Waals surface area contributed by atoms with Crippen molar-refractivity contribution in [1.29, 1.82) is 0 Å². The Morgan fingerprint density at radius 3 is 2.23 bits per heavy atom. The van der Waals surface area contributed by atoms with Crippen LogP contribution in [0.4, 0.5) is 5.69 Å². The molecule has 138 valence electrons. The number of halogens is 2. The van der Waals surface area contributed by atoms with Gasteiger partial charge in [0.15, 0.2) is 0 Å². The van der Waals surface area contributed by atoms with Crippen LogP contribution in [0.15, 0.2) is 47.4 Å². The van der Waals surface area contributed by atoms with Crippen molar-refractivity contribution in [2.75, 3.05) is 5.32 Å². The molecule has 2 aromatic carbocycles. The molecule has 10 heteroatoms. The lowest BCUT2D eigenvalue weighted by atomic mass is 10.2. The lowest BCUT2D eigenvalue weighted by Crippen LogP contribution is -2.38. The molecule has 0 fully saturated rings. The molecule has 2 rings (SSSR count). The Morgan fingerprint density at radius 2 is 1.69 bits per heavy atom. The summed E-state index contributed by atoms with van der Waals surface area (Å²) in [7, 11) is -3.99. The van der Waals surface area contributed by atoms with Gasteiger partial charge >= 0.3 is 5.97 Å². The van der Waals surface area contributed by atoms with Gasteiger partial charge in [0.2, 0.25) is 10.0 Å². The average Bonchev–Trinajstić information content (AvgIpc) is 2.54. The lowest BCUT2D eigenvalue weighted by Gasteiger charge is -2.11. The maximum absolute atomic E-state index is 12.2. The number of anilines is 1. The van der Waals surface area contributed by atoms with Gasteiger partial charge in [-0.3, -0.25) is 9.59 Å². The second-order valence-electron chi connectivity index (χ2n) is 5.28. The molecule has 0 aliphatic heterocycles. The third kappa shape index (κ3) is 4.95. The zero-order chi connectivity index (χ0) is 19.5. The highest BCUT2D eigenvalue weighted by Crippen LogP contribution is 2.22. The van der Waals surface area contributed by atoms with Gasteiger partial charge in [-0.15, -0.1) is 0 Å². The quantitative estimate of drug-likeness (QED) is 0.669. The van der Waals surface area contributed by atoms with E-state index in [2.05, 4.69) is 5.32 Å². The van der Waals surface area contributed by atoms with Crippen molar-refractivity contribution in [3.63, 3.8) is 0 Å². The number of nitrogens with one attached hydrogen (secondary N) is 2. The van der Waals surface area contributed by atoms with E-state index in [0.29, 0.717) is 10.7 Å². The van der Waals surface area contributed by atoms with Crippen LogP contribution in [0.2, 0.25) is 10.0 Å². The highest BCUT2D eigenvalue weighted by Gasteiger charge is 2.21. The molecule has 2 aromatic rings. The average molecular weight is 417 g/mol. The Kier molecular flexibility index (Phi) is 6.25. The first kappa shape index (κ1) is 20.2. The molecule has 0 aliphatic rings. The van der Waals surface area contributed by atoms with Crippen molar-refractivity contribution in [2.45, 2.75) is 17.9 Å². The summed E-state index contributed by atoms with van der Waals surface area (Å²) in [5.41, 5.74) is 0.552. The third-order valence-electron chi connectivity index (χ3n) is 3.30. The van der Waals surface area contributed by atoms with Crippen molar-refractivity contribution in [1.82, 2.24) is 4.72 Å². The van der Waals surface area contributed by atoms with Crippen LogP contribution < -0.4 is 10.0 Å². The lowest BCUT2D eigenvalue weighted by molar-refractivity contribution is -0.138. The summed E-state index contributed by atoms with van der Waals surface area (Å²) in [6.07, 6.45) is 0. The molecule has 0 saturated carbocycles. The number of carboxylic acid groups (broad SMARTS) is 1. The molecule has 1 atom stereocenters. The summed E-state index contributed by atoms with van der Waals surface area (Å²) in [5, 5.41) is 11.9. The second kappa shape index (κ2) is 8.05. The maximum atomic E-state index is 12.2. The van der Waals surface area contributed by atoms with E-state index in [4.69, 9.17) is 28.3 Å². The van der Waals surface area contributed by atoms with E-state index in [1.165, 1.54) is 49.4 Å². The topological polar surface area (TPSA) is 113 Å². The van der Waals surface area contributed by atoms with E-state index in [0.717, 1.165) is 0 Å². The number of hydrogen-bond donors (Lipinski definition) is 3. The highest BCUT2D eigenvalue weighted by atomic mass is 35.5. The third-order valence-corrected chi connectivity index (χ3v) is 5.41. The summed E-state index contributed by atoms with van der Waals surface area (Å²) < 4.78 is 26.2. The monoisotopic (exact) mass is 416 g/mol. The van der Waals surface area contributed by atoms with Gasteiger partial charge in [0, 0.05) is 10.7 Å². The van der Waals surface area contributed by atoms with Gasteiger partial charge in [-0.2, -0.15) is 4.72 Å². The zero-order valence-electron chi connectivity index (χ0n) is 13.4. The minimum absolute atomic E-state index is 0.131. The SMILES string of the molecule is CC(NS(=O)(=O)c1ccc(NC(=O)c2ccc(Cl)cc2Cl)cc1)C(=O)O. The van der Waals surface area contributed by atoms with Crippen LogP contribution in [0.3, 0.4) is 0 Å². The summed E-state index contributed by atoms with van der Waals surface area (Å²) in [6, 6.07) is 8.40. The van der Waals surface area contributed by atoms with Crippen LogP contribution in [-0.2, 0) is 14.8 Å². The number of aliphatic carboxylic acids is 1. The minimum Gasteiger partial charge on any atom is -0.480 e. The standard InChI is InChI=1S/C16H14Cl2N2O5S/c1-9(16(22)23)20-26(24,25)12-5-3-11(4-6-12)19-15(21)13-7-2-10(17)8-14(13)18/h2-9,20H,1H3,(H,19,21)(H,22,23). The van der Waals surface area contributed by atoms with E-state index in [1.807, 2.05) is 4.72 Å². The first-order valence-electron chi connectivity index (χ1n) is 7.22. The van der Waals surface area contributed by atoms with Gasteiger partial charge < -0.3 is 10.4 Å². The smallest absolute Gasteiger partial charge is 0.321 e. The molecule has 1 amide bonds. The summed E-state index contributed by atoms with van der Waals surface area (Å²) in [6.45, 7) is 1.21. The molecule has 26 heavy (non-hydrogen) atoms. The van der Waals surface area contributed by atoms with Crippen molar-refractivity contribution in [3.8, 4) is 0 Å². The Bertz CT molecular complexity index is 946. The highest BCUT2D eigenvalue weighted by molar-refractivity contribution is 7.89. The molecule has 0 heterocycles. The first-order chi connectivity index (χ1) is 12.1. The molecule has 0 saturated heterocycles. The van der Waals surface area contributed by atoms with E-state index in [9.17, 15) is 18.0 Å². The van der Waals surface area contributed by atoms with Crippen LogP contribution in [-0.4, -0.2) is 31.4 Å². The van der Waals surface area contributed by atoms with Crippen molar-refractivity contribution in [2.24, 2.45) is 0 Å². The summed E-state index contributed by atoms with van der Waals surface area (Å²) >= 11 is 11.8. The number of amides is 1. The van der Waals surface area contributed by atoms with Gasteiger partial charge in [-0.05, 0) is 49.4 Å². The summed E-state index contributed by atoms with van der Waals surface area (Å²) in [5.74, 6) is -1.78. The maximum Gasteiger partial charge on any atom is 0.321 e. The van der Waals surface area contributed by atoms with Crippen LogP contribution >= 0.6 is 23.2 Å². The molecule has 1 unspecified atom stereocenters.